The summed E-state index contributed by atoms with van der Waals surface area (Å²) < 4.78 is 28.2. The van der Waals surface area contributed by atoms with E-state index in [1.54, 1.807) is 42.8 Å². The molecule has 122 valence electrons. The normalized spacial score (nSPS) is 11.8. The van der Waals surface area contributed by atoms with Crippen molar-refractivity contribution < 1.29 is 8.42 Å². The summed E-state index contributed by atoms with van der Waals surface area (Å²) in [6, 6.07) is 10.0. The summed E-state index contributed by atoms with van der Waals surface area (Å²) in [5.74, 6) is 0. The molecule has 24 heavy (non-hydrogen) atoms. The first-order valence-corrected chi connectivity index (χ1v) is 9.67. The molecular formula is C16H11Br2N3O2S. The molecule has 1 heterocycles. The molecule has 0 fully saturated rings. The molecule has 5 nitrogen and oxygen atoms in total. The summed E-state index contributed by atoms with van der Waals surface area (Å²) in [5.41, 5.74) is 1.60. The molecule has 0 aliphatic heterocycles. The fourth-order valence-corrected chi connectivity index (χ4v) is 4.73. The highest BCUT2D eigenvalue weighted by molar-refractivity contribution is 9.11. The van der Waals surface area contributed by atoms with E-state index in [1.807, 2.05) is 6.07 Å². The Morgan fingerprint density at radius 2 is 1.92 bits per heavy atom. The highest BCUT2D eigenvalue weighted by atomic mass is 79.9. The molecule has 0 bridgehead atoms. The maximum absolute atomic E-state index is 12.8. The third-order valence-electron chi connectivity index (χ3n) is 3.56. The van der Waals surface area contributed by atoms with E-state index in [4.69, 9.17) is 5.26 Å². The Hall–Kier alpha value is -1.87. The fourth-order valence-electron chi connectivity index (χ4n) is 2.09. The number of hydrogen-bond acceptors (Lipinski definition) is 4. The van der Waals surface area contributed by atoms with Crippen LogP contribution in [0.3, 0.4) is 0 Å². The van der Waals surface area contributed by atoms with E-state index in [2.05, 4.69) is 31.9 Å². The Morgan fingerprint density at radius 3 is 2.46 bits per heavy atom. The molecule has 0 N–H and O–H groups in total. The Labute approximate surface area is 157 Å². The van der Waals surface area contributed by atoms with E-state index in [9.17, 15) is 13.7 Å². The molecule has 0 radical (unpaired) electrons. The lowest BCUT2D eigenvalue weighted by Gasteiger charge is -2.06. The highest BCUT2D eigenvalue weighted by Gasteiger charge is 2.24. The van der Waals surface area contributed by atoms with E-state index < -0.39 is 9.84 Å². The minimum absolute atomic E-state index is 0.00114. The van der Waals surface area contributed by atoms with Crippen molar-refractivity contribution in [2.75, 3.05) is 0 Å². The minimum Gasteiger partial charge on any atom is -0.339 e. The number of benzene rings is 1. The Balaban J connectivity index is 2.66. The third kappa shape index (κ3) is 3.32. The lowest BCUT2D eigenvalue weighted by Crippen LogP contribution is -2.05. The van der Waals surface area contributed by atoms with Gasteiger partial charge in [-0.3, -0.25) is 0 Å². The van der Waals surface area contributed by atoms with Crippen molar-refractivity contribution in [1.82, 2.24) is 4.57 Å². The van der Waals surface area contributed by atoms with Crippen LogP contribution in [0, 0.1) is 29.6 Å². The molecule has 0 atom stereocenters. The lowest BCUT2D eigenvalue weighted by atomic mass is 10.2. The highest BCUT2D eigenvalue weighted by Crippen LogP contribution is 2.31. The number of nitrogens with zero attached hydrogens (tertiary/aromatic N) is 3. The van der Waals surface area contributed by atoms with Gasteiger partial charge in [0.15, 0.2) is 0 Å². The van der Waals surface area contributed by atoms with Crippen LogP contribution in [0.2, 0.25) is 0 Å². The molecule has 1 aromatic heterocycles. The minimum atomic E-state index is -4.00. The molecular weight excluding hydrogens is 458 g/mol. The smallest absolute Gasteiger partial charge is 0.217 e. The fraction of sp³-hybridized carbons (Fsp3) is 0.125. The predicted octanol–water partition coefficient (Wildman–Crippen LogP) is 4.07. The molecule has 2 rings (SSSR count). The van der Waals surface area contributed by atoms with Gasteiger partial charge in [-0.05, 0) is 58.8 Å². The second-order valence-corrected chi connectivity index (χ2v) is 8.60. The molecule has 8 heteroatoms. The largest absolute Gasteiger partial charge is 0.339 e. The third-order valence-corrected chi connectivity index (χ3v) is 6.71. The summed E-state index contributed by atoms with van der Waals surface area (Å²) >= 11 is 6.44. The molecule has 0 aliphatic rings. The quantitative estimate of drug-likeness (QED) is 0.635. The second-order valence-electron chi connectivity index (χ2n) is 4.94. The average Bonchev–Trinajstić information content (AvgIpc) is 2.82. The van der Waals surface area contributed by atoms with Crippen molar-refractivity contribution in [2.24, 2.45) is 7.05 Å². The molecule has 0 aliphatic carbocycles. The number of sulfone groups is 1. The van der Waals surface area contributed by atoms with Crippen LogP contribution in [0.5, 0.6) is 0 Å². The van der Waals surface area contributed by atoms with Crippen LogP contribution in [0.4, 0.5) is 0 Å². The number of halogens is 2. The Kier molecular flexibility index (Phi) is 5.34. The van der Waals surface area contributed by atoms with Gasteiger partial charge in [-0.1, -0.05) is 15.9 Å². The Morgan fingerprint density at radius 1 is 1.25 bits per heavy atom. The van der Waals surface area contributed by atoms with Crippen LogP contribution in [-0.2, 0) is 16.9 Å². The van der Waals surface area contributed by atoms with Crippen LogP contribution in [0.25, 0.3) is 6.08 Å². The SMILES string of the molecule is Cc1c(/C=C(\C#N)S(=O)(=O)c2cc(Br)ccc2Br)cc(C#N)n1C. The van der Waals surface area contributed by atoms with Crippen molar-refractivity contribution in [3.8, 4) is 12.1 Å². The zero-order chi connectivity index (χ0) is 18.1. The molecule has 2 aromatic rings. The lowest BCUT2D eigenvalue weighted by molar-refractivity contribution is 0.603. The van der Waals surface area contributed by atoms with Gasteiger partial charge in [0, 0.05) is 21.7 Å². The van der Waals surface area contributed by atoms with Gasteiger partial charge in [-0.25, -0.2) is 8.42 Å². The van der Waals surface area contributed by atoms with Crippen molar-refractivity contribution in [3.63, 3.8) is 0 Å². The first kappa shape index (κ1) is 18.5. The van der Waals surface area contributed by atoms with E-state index >= 15 is 0 Å². The maximum atomic E-state index is 12.8. The van der Waals surface area contributed by atoms with Crippen LogP contribution in [0.15, 0.2) is 43.0 Å². The van der Waals surface area contributed by atoms with Crippen molar-refractivity contribution >= 4 is 47.8 Å². The topological polar surface area (TPSA) is 86.7 Å². The Bertz CT molecular complexity index is 1040. The van der Waals surface area contributed by atoms with E-state index in [1.165, 1.54) is 12.1 Å². The summed E-state index contributed by atoms with van der Waals surface area (Å²) in [4.78, 5) is -0.391. The van der Waals surface area contributed by atoms with Gasteiger partial charge in [-0.2, -0.15) is 10.5 Å². The number of rotatable bonds is 3. The standard InChI is InChI=1S/C16H11Br2N3O2S/c1-10-11(5-13(8-19)21(10)2)6-14(9-20)24(22,23)16-7-12(17)3-4-15(16)18/h3-7H,1-2H3/b14-6+. The van der Waals surface area contributed by atoms with Gasteiger partial charge in [0.1, 0.15) is 22.7 Å². The summed E-state index contributed by atoms with van der Waals surface area (Å²) in [7, 11) is -2.29. The van der Waals surface area contributed by atoms with Gasteiger partial charge >= 0.3 is 0 Å². The zero-order valence-corrected chi connectivity index (χ0v) is 16.7. The predicted molar refractivity (Wildman–Crippen MR) is 97.5 cm³/mol. The summed E-state index contributed by atoms with van der Waals surface area (Å²) in [5, 5.41) is 18.4. The number of aromatic nitrogens is 1. The van der Waals surface area contributed by atoms with Crippen molar-refractivity contribution in [2.45, 2.75) is 11.8 Å². The molecule has 1 aromatic carbocycles. The van der Waals surface area contributed by atoms with Crippen LogP contribution in [-0.4, -0.2) is 13.0 Å². The van der Waals surface area contributed by atoms with Gasteiger partial charge in [0.2, 0.25) is 9.84 Å². The van der Waals surface area contributed by atoms with Crippen molar-refractivity contribution in [1.29, 1.82) is 10.5 Å². The zero-order valence-electron chi connectivity index (χ0n) is 12.7. The molecule has 0 saturated heterocycles. The maximum Gasteiger partial charge on any atom is 0.217 e. The van der Waals surface area contributed by atoms with E-state index in [0.29, 0.717) is 25.9 Å². The number of hydrogen-bond donors (Lipinski definition) is 0. The van der Waals surface area contributed by atoms with Gasteiger partial charge in [0.05, 0.1) is 4.90 Å². The molecule has 0 saturated carbocycles. The monoisotopic (exact) mass is 467 g/mol. The second kappa shape index (κ2) is 6.94. The summed E-state index contributed by atoms with van der Waals surface area (Å²) in [6.07, 6.45) is 1.29. The summed E-state index contributed by atoms with van der Waals surface area (Å²) in [6.45, 7) is 1.75. The number of allylic oxidation sites excluding steroid dienone is 1. The first-order valence-electron chi connectivity index (χ1n) is 6.60. The van der Waals surface area contributed by atoms with Crippen molar-refractivity contribution in [3.05, 3.63) is 55.1 Å². The number of nitriles is 2. The molecule has 0 unspecified atom stereocenters. The van der Waals surface area contributed by atoms with Gasteiger partial charge in [-0.15, -0.1) is 0 Å². The molecule has 0 amide bonds. The van der Waals surface area contributed by atoms with Crippen LogP contribution in [0.1, 0.15) is 17.0 Å². The molecule has 0 spiro atoms. The van der Waals surface area contributed by atoms with E-state index in [0.717, 1.165) is 0 Å². The first-order chi connectivity index (χ1) is 11.2. The average molecular weight is 469 g/mol. The van der Waals surface area contributed by atoms with Crippen LogP contribution >= 0.6 is 31.9 Å². The van der Waals surface area contributed by atoms with Gasteiger partial charge < -0.3 is 4.57 Å². The van der Waals surface area contributed by atoms with Gasteiger partial charge in [0.25, 0.3) is 0 Å². The van der Waals surface area contributed by atoms with E-state index in [-0.39, 0.29) is 9.80 Å². The van der Waals surface area contributed by atoms with Crippen LogP contribution < -0.4 is 0 Å².